The number of ether oxygens (including phenoxy) is 1. The van der Waals surface area contributed by atoms with Gasteiger partial charge in [-0.3, -0.25) is 9.59 Å². The summed E-state index contributed by atoms with van der Waals surface area (Å²) in [7, 11) is 1.40. The van der Waals surface area contributed by atoms with Crippen LogP contribution in [0.4, 0.5) is 13.2 Å². The van der Waals surface area contributed by atoms with E-state index in [1.54, 1.807) is 12.1 Å². The fourth-order valence-corrected chi connectivity index (χ4v) is 3.18. The van der Waals surface area contributed by atoms with Gasteiger partial charge in [-0.1, -0.05) is 11.6 Å². The van der Waals surface area contributed by atoms with Gasteiger partial charge in [0, 0.05) is 32.6 Å². The highest BCUT2D eigenvalue weighted by molar-refractivity contribution is 6.31. The molecule has 0 radical (unpaired) electrons. The van der Waals surface area contributed by atoms with E-state index in [9.17, 15) is 22.8 Å². The Balaban J connectivity index is 2.51. The van der Waals surface area contributed by atoms with Crippen molar-refractivity contribution in [1.29, 1.82) is 0 Å². The summed E-state index contributed by atoms with van der Waals surface area (Å²) in [6.07, 6.45) is -2.13. The van der Waals surface area contributed by atoms with E-state index in [2.05, 4.69) is 4.98 Å². The fourth-order valence-electron chi connectivity index (χ4n) is 3.01. The zero-order chi connectivity index (χ0) is 21.3. The maximum absolute atomic E-state index is 13.3. The van der Waals surface area contributed by atoms with Crippen molar-refractivity contribution < 1.29 is 22.7 Å². The summed E-state index contributed by atoms with van der Waals surface area (Å²) >= 11 is 6.10. The Kier molecular flexibility index (Phi) is 5.53. The van der Waals surface area contributed by atoms with Gasteiger partial charge in [-0.2, -0.15) is 13.2 Å². The number of hydrogen-bond acceptors (Lipinski definition) is 3. The van der Waals surface area contributed by atoms with Gasteiger partial charge in [0.1, 0.15) is 5.75 Å². The van der Waals surface area contributed by atoms with E-state index in [4.69, 9.17) is 16.3 Å². The zero-order valence-corrected chi connectivity index (χ0v) is 16.1. The summed E-state index contributed by atoms with van der Waals surface area (Å²) < 4.78 is 45.3. The lowest BCUT2D eigenvalue weighted by molar-refractivity contribution is -0.137. The zero-order valence-electron chi connectivity index (χ0n) is 15.4. The highest BCUT2D eigenvalue weighted by atomic mass is 35.5. The Labute approximate surface area is 168 Å². The van der Waals surface area contributed by atoms with Crippen molar-refractivity contribution in [1.82, 2.24) is 4.98 Å². The molecule has 0 aliphatic rings. The Morgan fingerprint density at radius 2 is 1.90 bits per heavy atom. The molecule has 29 heavy (non-hydrogen) atoms. The number of allylic oxidation sites excluding steroid dienone is 1. The van der Waals surface area contributed by atoms with Crippen LogP contribution in [0.2, 0.25) is 5.02 Å². The number of aromatic nitrogens is 1. The molecule has 150 valence electrons. The first-order chi connectivity index (χ1) is 13.6. The van der Waals surface area contributed by atoms with Crippen molar-refractivity contribution in [2.75, 3.05) is 7.11 Å². The van der Waals surface area contributed by atoms with Gasteiger partial charge in [0.2, 0.25) is 0 Å². The second kappa shape index (κ2) is 7.75. The predicted octanol–water partition coefficient (Wildman–Crippen LogP) is 5.48. The molecule has 2 aromatic carbocycles. The van der Waals surface area contributed by atoms with Gasteiger partial charge >= 0.3 is 6.18 Å². The quantitative estimate of drug-likeness (QED) is 0.567. The number of aromatic amines is 1. The van der Waals surface area contributed by atoms with E-state index in [0.29, 0.717) is 16.3 Å². The minimum Gasteiger partial charge on any atom is -0.496 e. The number of carbonyl (C=O) groups is 1. The molecular formula is C21H15ClF3NO3. The fraction of sp³-hybridized carbons (Fsp3) is 0.143. The van der Waals surface area contributed by atoms with Gasteiger partial charge in [-0.15, -0.1) is 0 Å². The third-order valence-corrected chi connectivity index (χ3v) is 4.53. The first kappa shape index (κ1) is 20.7. The highest BCUT2D eigenvalue weighted by Gasteiger charge is 2.31. The minimum atomic E-state index is -4.57. The maximum atomic E-state index is 13.3. The molecule has 4 nitrogen and oxygen atoms in total. The van der Waals surface area contributed by atoms with E-state index < -0.39 is 17.3 Å². The van der Waals surface area contributed by atoms with Crippen LogP contribution in [0, 0.1) is 0 Å². The van der Waals surface area contributed by atoms with Crippen LogP contribution in [-0.2, 0) is 11.0 Å². The molecule has 0 atom stereocenters. The van der Waals surface area contributed by atoms with Gasteiger partial charge < -0.3 is 9.72 Å². The van der Waals surface area contributed by atoms with Crippen molar-refractivity contribution in [3.63, 3.8) is 0 Å². The van der Waals surface area contributed by atoms with Crippen LogP contribution in [-0.4, -0.2) is 17.9 Å². The molecule has 3 aromatic rings. The number of pyridine rings is 1. The van der Waals surface area contributed by atoms with Crippen LogP contribution < -0.4 is 10.3 Å². The Morgan fingerprint density at radius 1 is 1.17 bits per heavy atom. The molecule has 0 aliphatic carbocycles. The van der Waals surface area contributed by atoms with Crippen molar-refractivity contribution in [3.05, 3.63) is 69.0 Å². The van der Waals surface area contributed by atoms with Gasteiger partial charge in [0.05, 0.1) is 12.7 Å². The molecule has 0 unspecified atom stereocenters. The Hall–Kier alpha value is -3.06. The van der Waals surface area contributed by atoms with Crippen LogP contribution in [0.15, 0.2) is 47.3 Å². The average Bonchev–Trinajstić information content (AvgIpc) is 2.64. The summed E-state index contributed by atoms with van der Waals surface area (Å²) in [4.78, 5) is 26.7. The maximum Gasteiger partial charge on any atom is 0.416 e. The monoisotopic (exact) mass is 421 g/mol. The summed E-state index contributed by atoms with van der Waals surface area (Å²) in [5.41, 5.74) is -0.689. The number of rotatable bonds is 4. The Morgan fingerprint density at radius 3 is 2.52 bits per heavy atom. The lowest BCUT2D eigenvalue weighted by atomic mass is 9.94. The third kappa shape index (κ3) is 4.19. The van der Waals surface area contributed by atoms with E-state index in [1.807, 2.05) is 0 Å². The molecule has 8 heteroatoms. The van der Waals surface area contributed by atoms with Crippen molar-refractivity contribution in [2.45, 2.75) is 13.1 Å². The summed E-state index contributed by atoms with van der Waals surface area (Å²) in [6.45, 7) is 1.30. The molecule has 0 bridgehead atoms. The minimum absolute atomic E-state index is 0.0209. The van der Waals surface area contributed by atoms with Gasteiger partial charge in [-0.25, -0.2) is 0 Å². The standard InChI is InChI=1S/C21H15ClF3NO3/c1-11(27)3-6-14-19(16-10-13(22)5-8-18(16)29-2)15-9-12(21(23,24)25)4-7-17(15)26-20(14)28/h3-10H,1-2H3,(H,26,28). The lowest BCUT2D eigenvalue weighted by Gasteiger charge is -2.16. The second-order valence-corrected chi connectivity index (χ2v) is 6.73. The number of methoxy groups -OCH3 is 1. The Bertz CT molecular complexity index is 1200. The van der Waals surface area contributed by atoms with Crippen molar-refractivity contribution in [3.8, 4) is 16.9 Å². The van der Waals surface area contributed by atoms with Gasteiger partial charge in [0.15, 0.2) is 5.78 Å². The van der Waals surface area contributed by atoms with Crippen LogP contribution in [0.5, 0.6) is 5.75 Å². The molecule has 0 fully saturated rings. The number of fused-ring (bicyclic) bond motifs is 1. The molecule has 0 aliphatic heterocycles. The number of halogens is 4. The molecule has 0 saturated carbocycles. The third-order valence-electron chi connectivity index (χ3n) is 4.29. The molecule has 1 heterocycles. The van der Waals surface area contributed by atoms with Gasteiger partial charge in [-0.05, 0) is 55.5 Å². The van der Waals surface area contributed by atoms with Crippen LogP contribution in [0.1, 0.15) is 18.1 Å². The molecule has 1 aromatic heterocycles. The molecular weight excluding hydrogens is 407 g/mol. The summed E-state index contributed by atoms with van der Waals surface area (Å²) in [5.74, 6) is -0.00580. The molecule has 1 N–H and O–H groups in total. The van der Waals surface area contributed by atoms with E-state index >= 15 is 0 Å². The number of carbonyl (C=O) groups excluding carboxylic acids is 1. The van der Waals surface area contributed by atoms with E-state index in [1.165, 1.54) is 38.3 Å². The predicted molar refractivity (Wildman–Crippen MR) is 106 cm³/mol. The first-order valence-electron chi connectivity index (χ1n) is 8.41. The number of benzene rings is 2. The topological polar surface area (TPSA) is 59.2 Å². The normalized spacial score (nSPS) is 11.9. The molecule has 0 spiro atoms. The summed E-state index contributed by atoms with van der Waals surface area (Å²) in [5, 5.41) is 0.450. The first-order valence-corrected chi connectivity index (χ1v) is 8.79. The SMILES string of the molecule is COc1ccc(Cl)cc1-c1c(C=CC(C)=O)c(=O)[nH]c2ccc(C(F)(F)F)cc12. The molecule has 3 rings (SSSR count). The number of hydrogen-bond donors (Lipinski definition) is 1. The number of nitrogens with one attached hydrogen (secondary N) is 1. The van der Waals surface area contributed by atoms with Crippen molar-refractivity contribution >= 4 is 34.4 Å². The average molecular weight is 422 g/mol. The number of H-pyrrole nitrogens is 1. The van der Waals surface area contributed by atoms with Crippen molar-refractivity contribution in [2.24, 2.45) is 0 Å². The van der Waals surface area contributed by atoms with Crippen LogP contribution in [0.25, 0.3) is 28.1 Å². The smallest absolute Gasteiger partial charge is 0.416 e. The second-order valence-electron chi connectivity index (χ2n) is 6.29. The largest absolute Gasteiger partial charge is 0.496 e. The lowest BCUT2D eigenvalue weighted by Crippen LogP contribution is -2.13. The van der Waals surface area contributed by atoms with E-state index in [0.717, 1.165) is 12.1 Å². The van der Waals surface area contributed by atoms with Crippen LogP contribution >= 0.6 is 11.6 Å². The van der Waals surface area contributed by atoms with Crippen LogP contribution in [0.3, 0.4) is 0 Å². The summed E-state index contributed by atoms with van der Waals surface area (Å²) in [6, 6.07) is 7.65. The molecule has 0 amide bonds. The highest BCUT2D eigenvalue weighted by Crippen LogP contribution is 2.40. The number of ketones is 1. The number of alkyl halides is 3. The van der Waals surface area contributed by atoms with Gasteiger partial charge in [0.25, 0.3) is 5.56 Å². The molecule has 0 saturated heterocycles. The van der Waals surface area contributed by atoms with E-state index in [-0.39, 0.29) is 27.8 Å².